The molecule has 1 saturated carbocycles. The first kappa shape index (κ1) is 30.5. The maximum atomic E-state index is 13.8. The summed E-state index contributed by atoms with van der Waals surface area (Å²) in [5, 5.41) is 28.2. The van der Waals surface area contributed by atoms with Gasteiger partial charge in [-0.1, -0.05) is 64.2 Å². The van der Waals surface area contributed by atoms with E-state index >= 15 is 0 Å². The van der Waals surface area contributed by atoms with Crippen molar-refractivity contribution in [2.45, 2.75) is 96.4 Å². The molecule has 1 aromatic carbocycles. The number of rotatable bonds is 12. The van der Waals surface area contributed by atoms with E-state index in [9.17, 15) is 24.6 Å². The molecule has 4 atom stereocenters. The number of aromatic nitrogens is 3. The van der Waals surface area contributed by atoms with E-state index in [-0.39, 0.29) is 30.4 Å². The lowest BCUT2D eigenvalue weighted by Crippen LogP contribution is -2.54. The molecular formula is C31H43N5O5. The van der Waals surface area contributed by atoms with Gasteiger partial charge in [0.2, 0.25) is 11.8 Å². The number of imidazole rings is 1. The summed E-state index contributed by atoms with van der Waals surface area (Å²) < 4.78 is 1.35. The SMILES string of the molecule is CC(=O)n1c(C(=O)N[C@@H](Cc2cnc[nH]2)C(=O)N[C@@H](CC2CCCCC2)[C@@H](O)C[C@H](O)C(C)C)cc2ccccc21. The minimum atomic E-state index is -1.00. The zero-order valence-electron chi connectivity index (χ0n) is 24.2. The van der Waals surface area contributed by atoms with Crippen LogP contribution in [0.15, 0.2) is 42.9 Å². The van der Waals surface area contributed by atoms with Crippen LogP contribution in [0.2, 0.25) is 0 Å². The van der Waals surface area contributed by atoms with Crippen molar-refractivity contribution < 1.29 is 24.6 Å². The number of aliphatic hydroxyl groups is 2. The number of aliphatic hydroxyl groups excluding tert-OH is 2. The smallest absolute Gasteiger partial charge is 0.269 e. The summed E-state index contributed by atoms with van der Waals surface area (Å²) in [6, 6.07) is 7.28. The Labute approximate surface area is 240 Å². The van der Waals surface area contributed by atoms with Gasteiger partial charge in [-0.05, 0) is 30.4 Å². The number of fused-ring (bicyclic) bond motifs is 1. The molecule has 3 aromatic rings. The van der Waals surface area contributed by atoms with E-state index in [4.69, 9.17) is 0 Å². The molecule has 5 N–H and O–H groups in total. The number of carbonyl (C=O) groups is 3. The van der Waals surface area contributed by atoms with E-state index in [1.165, 1.54) is 24.2 Å². The van der Waals surface area contributed by atoms with Crippen LogP contribution >= 0.6 is 0 Å². The van der Waals surface area contributed by atoms with Gasteiger partial charge in [0, 0.05) is 37.0 Å². The van der Waals surface area contributed by atoms with Crippen LogP contribution in [0.3, 0.4) is 0 Å². The molecule has 1 aliphatic rings. The Morgan fingerprint density at radius 1 is 1.07 bits per heavy atom. The second-order valence-electron chi connectivity index (χ2n) is 11.7. The lowest BCUT2D eigenvalue weighted by atomic mass is 9.82. The highest BCUT2D eigenvalue weighted by Crippen LogP contribution is 2.29. The Hall–Kier alpha value is -3.50. The molecular weight excluding hydrogens is 522 g/mol. The molecule has 10 heteroatoms. The van der Waals surface area contributed by atoms with Crippen molar-refractivity contribution in [1.29, 1.82) is 0 Å². The molecule has 2 amide bonds. The van der Waals surface area contributed by atoms with E-state index in [0.29, 0.717) is 23.5 Å². The van der Waals surface area contributed by atoms with Gasteiger partial charge >= 0.3 is 0 Å². The lowest BCUT2D eigenvalue weighted by Gasteiger charge is -2.32. The molecule has 1 aliphatic carbocycles. The summed E-state index contributed by atoms with van der Waals surface area (Å²) in [4.78, 5) is 46.9. The molecule has 222 valence electrons. The van der Waals surface area contributed by atoms with Gasteiger partial charge in [0.25, 0.3) is 5.91 Å². The first-order valence-electron chi connectivity index (χ1n) is 14.7. The molecule has 1 fully saturated rings. The number of para-hydroxylation sites is 1. The van der Waals surface area contributed by atoms with Gasteiger partial charge in [-0.25, -0.2) is 4.98 Å². The highest BCUT2D eigenvalue weighted by molar-refractivity contribution is 6.05. The highest BCUT2D eigenvalue weighted by Gasteiger charge is 2.32. The molecule has 10 nitrogen and oxygen atoms in total. The number of nitrogens with one attached hydrogen (secondary N) is 3. The van der Waals surface area contributed by atoms with Gasteiger partial charge in [0.1, 0.15) is 11.7 Å². The highest BCUT2D eigenvalue weighted by atomic mass is 16.3. The zero-order chi connectivity index (χ0) is 29.5. The van der Waals surface area contributed by atoms with Crippen molar-refractivity contribution in [2.75, 3.05) is 0 Å². The van der Waals surface area contributed by atoms with Crippen molar-refractivity contribution in [1.82, 2.24) is 25.2 Å². The lowest BCUT2D eigenvalue weighted by molar-refractivity contribution is -0.125. The predicted molar refractivity (Wildman–Crippen MR) is 156 cm³/mol. The van der Waals surface area contributed by atoms with E-state index in [2.05, 4.69) is 20.6 Å². The Kier molecular flexibility index (Phi) is 10.3. The second kappa shape index (κ2) is 13.9. The Bertz CT molecular complexity index is 1310. The van der Waals surface area contributed by atoms with Crippen molar-refractivity contribution in [3.63, 3.8) is 0 Å². The zero-order valence-corrected chi connectivity index (χ0v) is 24.2. The standard InChI is InChI=1S/C31H43N5O5/c1-19(2)28(38)16-29(39)24(13-21-9-5-4-6-10-21)34-30(40)25(15-23-17-32-18-33-23)35-31(41)27-14-22-11-7-8-12-26(22)36(27)20(3)37/h7-8,11-12,14,17-19,21,24-25,28-29,38-39H,4-6,9-10,13,15-16H2,1-3H3,(H,32,33)(H,34,40)(H,35,41)/t24-,25-,28-,29-/m0/s1. The monoisotopic (exact) mass is 565 g/mol. The van der Waals surface area contributed by atoms with Crippen LogP contribution < -0.4 is 10.6 Å². The van der Waals surface area contributed by atoms with E-state index in [0.717, 1.165) is 31.1 Å². The molecule has 0 unspecified atom stereocenters. The van der Waals surface area contributed by atoms with Gasteiger partial charge < -0.3 is 25.8 Å². The molecule has 2 aromatic heterocycles. The van der Waals surface area contributed by atoms with E-state index < -0.39 is 36.1 Å². The number of amides is 2. The van der Waals surface area contributed by atoms with E-state index in [1.54, 1.807) is 24.4 Å². The van der Waals surface area contributed by atoms with Crippen molar-refractivity contribution >= 4 is 28.6 Å². The molecule has 41 heavy (non-hydrogen) atoms. The van der Waals surface area contributed by atoms with Crippen LogP contribution in [0.1, 0.15) is 86.7 Å². The number of hydrogen-bond acceptors (Lipinski definition) is 6. The predicted octanol–water partition coefficient (Wildman–Crippen LogP) is 3.59. The maximum Gasteiger partial charge on any atom is 0.269 e. The van der Waals surface area contributed by atoms with Gasteiger partial charge in [-0.3, -0.25) is 19.0 Å². The summed E-state index contributed by atoms with van der Waals surface area (Å²) in [5.41, 5.74) is 1.40. The van der Waals surface area contributed by atoms with Crippen molar-refractivity contribution in [3.05, 3.63) is 54.2 Å². The van der Waals surface area contributed by atoms with Crippen LogP contribution in [0, 0.1) is 11.8 Å². The number of nitrogens with zero attached hydrogens (tertiary/aromatic N) is 2. The molecule has 0 saturated heterocycles. The summed E-state index contributed by atoms with van der Waals surface area (Å²) >= 11 is 0. The number of carbonyl (C=O) groups excluding carboxylic acids is 3. The first-order chi connectivity index (χ1) is 19.6. The number of aromatic amines is 1. The minimum Gasteiger partial charge on any atom is -0.393 e. The maximum absolute atomic E-state index is 13.8. The second-order valence-corrected chi connectivity index (χ2v) is 11.7. The molecule has 0 spiro atoms. The van der Waals surface area contributed by atoms with Gasteiger partial charge in [-0.15, -0.1) is 0 Å². The summed E-state index contributed by atoms with van der Waals surface area (Å²) in [7, 11) is 0. The quantitative estimate of drug-likeness (QED) is 0.227. The Morgan fingerprint density at radius 3 is 2.46 bits per heavy atom. The third-order valence-electron chi connectivity index (χ3n) is 8.22. The molecule has 0 radical (unpaired) electrons. The van der Waals surface area contributed by atoms with Gasteiger partial charge in [0.15, 0.2) is 0 Å². The van der Waals surface area contributed by atoms with Crippen molar-refractivity contribution in [2.24, 2.45) is 11.8 Å². The fraction of sp³-hybridized carbons (Fsp3) is 0.548. The third kappa shape index (κ3) is 7.83. The largest absolute Gasteiger partial charge is 0.393 e. The average molecular weight is 566 g/mol. The van der Waals surface area contributed by atoms with Gasteiger partial charge in [-0.2, -0.15) is 0 Å². The topological polar surface area (TPSA) is 149 Å². The number of benzene rings is 1. The fourth-order valence-corrected chi connectivity index (χ4v) is 5.78. The Balaban J connectivity index is 1.57. The third-order valence-corrected chi connectivity index (χ3v) is 8.22. The van der Waals surface area contributed by atoms with Crippen LogP contribution in [0.25, 0.3) is 10.9 Å². The van der Waals surface area contributed by atoms with Crippen LogP contribution in [-0.4, -0.2) is 66.8 Å². The normalized spacial score (nSPS) is 17.2. The number of H-pyrrole nitrogens is 1. The summed E-state index contributed by atoms with van der Waals surface area (Å²) in [6.45, 7) is 5.17. The van der Waals surface area contributed by atoms with Crippen LogP contribution in [0.4, 0.5) is 0 Å². The minimum absolute atomic E-state index is 0.0314. The molecule has 0 bridgehead atoms. The molecule has 2 heterocycles. The first-order valence-corrected chi connectivity index (χ1v) is 14.7. The van der Waals surface area contributed by atoms with E-state index in [1.807, 2.05) is 26.0 Å². The Morgan fingerprint density at radius 2 is 1.80 bits per heavy atom. The van der Waals surface area contributed by atoms with Crippen LogP contribution in [-0.2, 0) is 11.2 Å². The summed E-state index contributed by atoms with van der Waals surface area (Å²) in [5.74, 6) is -0.985. The van der Waals surface area contributed by atoms with Crippen molar-refractivity contribution in [3.8, 4) is 0 Å². The van der Waals surface area contributed by atoms with Gasteiger partial charge in [0.05, 0.1) is 30.1 Å². The molecule has 0 aliphatic heterocycles. The fourth-order valence-electron chi connectivity index (χ4n) is 5.78. The summed E-state index contributed by atoms with van der Waals surface area (Å²) in [6.07, 6.45) is 7.84. The number of hydrogen-bond donors (Lipinski definition) is 5. The molecule has 4 rings (SSSR count). The average Bonchev–Trinajstić information content (AvgIpc) is 3.60. The van der Waals surface area contributed by atoms with Crippen LogP contribution in [0.5, 0.6) is 0 Å².